The second-order valence-electron chi connectivity index (χ2n) is 4.47. The summed E-state index contributed by atoms with van der Waals surface area (Å²) in [7, 11) is 0. The van der Waals surface area contributed by atoms with Crippen LogP contribution in [0.5, 0.6) is 0 Å². The Labute approximate surface area is 101 Å². The minimum Gasteiger partial charge on any atom is -0.395 e. The normalized spacial score (nSPS) is 18.5. The lowest BCUT2D eigenvalue weighted by molar-refractivity contribution is 0.108. The SMILES string of the molecule is OCCN1CCN(Cc2ccc(F)cc2)CC1. The summed E-state index contributed by atoms with van der Waals surface area (Å²) >= 11 is 0. The van der Waals surface area contributed by atoms with Crippen molar-refractivity contribution in [2.45, 2.75) is 6.54 Å². The van der Waals surface area contributed by atoms with E-state index >= 15 is 0 Å². The molecule has 0 amide bonds. The number of rotatable bonds is 4. The van der Waals surface area contributed by atoms with E-state index < -0.39 is 0 Å². The Morgan fingerprint density at radius 1 is 1.00 bits per heavy atom. The van der Waals surface area contributed by atoms with Gasteiger partial charge in [-0.1, -0.05) is 12.1 Å². The molecule has 0 aromatic heterocycles. The van der Waals surface area contributed by atoms with E-state index in [4.69, 9.17) is 5.11 Å². The molecule has 0 radical (unpaired) electrons. The number of aliphatic hydroxyl groups excluding tert-OH is 1. The zero-order chi connectivity index (χ0) is 12.1. The Kier molecular flexibility index (Phi) is 4.48. The fraction of sp³-hybridized carbons (Fsp3) is 0.538. The zero-order valence-corrected chi connectivity index (χ0v) is 9.98. The lowest BCUT2D eigenvalue weighted by Gasteiger charge is -2.34. The van der Waals surface area contributed by atoms with E-state index in [-0.39, 0.29) is 12.4 Å². The van der Waals surface area contributed by atoms with Crippen molar-refractivity contribution in [2.24, 2.45) is 0 Å². The minimum absolute atomic E-state index is 0.179. The van der Waals surface area contributed by atoms with Gasteiger partial charge in [0.1, 0.15) is 5.82 Å². The number of hydrogen-bond donors (Lipinski definition) is 1. The molecule has 0 unspecified atom stereocenters. The molecule has 3 nitrogen and oxygen atoms in total. The average molecular weight is 238 g/mol. The maximum atomic E-state index is 12.8. The molecule has 1 aromatic carbocycles. The van der Waals surface area contributed by atoms with E-state index in [1.165, 1.54) is 12.1 Å². The summed E-state index contributed by atoms with van der Waals surface area (Å²) in [6.07, 6.45) is 0. The van der Waals surface area contributed by atoms with Gasteiger partial charge in [0.25, 0.3) is 0 Å². The minimum atomic E-state index is -0.179. The van der Waals surface area contributed by atoms with Crippen molar-refractivity contribution in [3.8, 4) is 0 Å². The first-order valence-electron chi connectivity index (χ1n) is 6.08. The molecule has 1 saturated heterocycles. The summed E-state index contributed by atoms with van der Waals surface area (Å²) in [5.74, 6) is -0.179. The van der Waals surface area contributed by atoms with Crippen molar-refractivity contribution in [2.75, 3.05) is 39.3 Å². The lowest BCUT2D eigenvalue weighted by Crippen LogP contribution is -2.46. The second-order valence-corrected chi connectivity index (χ2v) is 4.47. The third-order valence-electron chi connectivity index (χ3n) is 3.20. The van der Waals surface area contributed by atoms with E-state index in [0.29, 0.717) is 0 Å². The molecule has 1 N–H and O–H groups in total. The molecule has 0 spiro atoms. The number of nitrogens with zero attached hydrogens (tertiary/aromatic N) is 2. The predicted molar refractivity (Wildman–Crippen MR) is 65.2 cm³/mol. The van der Waals surface area contributed by atoms with Crippen LogP contribution in [0, 0.1) is 5.82 Å². The molecule has 1 heterocycles. The zero-order valence-electron chi connectivity index (χ0n) is 9.98. The van der Waals surface area contributed by atoms with E-state index in [0.717, 1.165) is 44.8 Å². The summed E-state index contributed by atoms with van der Waals surface area (Å²) < 4.78 is 12.8. The predicted octanol–water partition coefficient (Wildman–Crippen LogP) is 0.936. The van der Waals surface area contributed by atoms with Gasteiger partial charge in [-0.2, -0.15) is 0 Å². The highest BCUT2D eigenvalue weighted by Gasteiger charge is 2.16. The van der Waals surface area contributed by atoms with E-state index in [1.807, 2.05) is 12.1 Å². The van der Waals surface area contributed by atoms with E-state index in [9.17, 15) is 4.39 Å². The van der Waals surface area contributed by atoms with Crippen LogP contribution in [0.3, 0.4) is 0 Å². The van der Waals surface area contributed by atoms with Gasteiger partial charge in [-0.3, -0.25) is 9.80 Å². The number of piperazine rings is 1. The fourth-order valence-corrected chi connectivity index (χ4v) is 2.16. The van der Waals surface area contributed by atoms with Gasteiger partial charge in [0.15, 0.2) is 0 Å². The Balaban J connectivity index is 1.79. The topological polar surface area (TPSA) is 26.7 Å². The third-order valence-corrected chi connectivity index (χ3v) is 3.20. The van der Waals surface area contributed by atoms with Crippen molar-refractivity contribution >= 4 is 0 Å². The van der Waals surface area contributed by atoms with Gasteiger partial charge in [-0.15, -0.1) is 0 Å². The molecule has 1 aliphatic heterocycles. The maximum Gasteiger partial charge on any atom is 0.123 e. The molecular formula is C13H19FN2O. The molecule has 0 atom stereocenters. The van der Waals surface area contributed by atoms with Crippen LogP contribution >= 0.6 is 0 Å². The molecule has 94 valence electrons. The van der Waals surface area contributed by atoms with Crippen LogP contribution in [0.4, 0.5) is 4.39 Å². The van der Waals surface area contributed by atoms with Gasteiger partial charge in [0.05, 0.1) is 6.61 Å². The maximum absolute atomic E-state index is 12.8. The molecule has 1 aliphatic rings. The van der Waals surface area contributed by atoms with Crippen molar-refractivity contribution in [3.63, 3.8) is 0 Å². The first kappa shape index (κ1) is 12.5. The molecular weight excluding hydrogens is 219 g/mol. The van der Waals surface area contributed by atoms with E-state index in [1.54, 1.807) is 0 Å². The summed E-state index contributed by atoms with van der Waals surface area (Å²) in [6, 6.07) is 6.71. The largest absolute Gasteiger partial charge is 0.395 e. The van der Waals surface area contributed by atoms with Gasteiger partial charge in [-0.25, -0.2) is 4.39 Å². The van der Waals surface area contributed by atoms with Crippen LogP contribution in [-0.2, 0) is 6.54 Å². The number of hydrogen-bond acceptors (Lipinski definition) is 3. The summed E-state index contributed by atoms with van der Waals surface area (Å²) in [4.78, 5) is 4.63. The fourth-order valence-electron chi connectivity index (χ4n) is 2.16. The van der Waals surface area contributed by atoms with Crippen molar-refractivity contribution in [1.82, 2.24) is 9.80 Å². The van der Waals surface area contributed by atoms with Gasteiger partial charge < -0.3 is 5.11 Å². The molecule has 1 fully saturated rings. The van der Waals surface area contributed by atoms with Gasteiger partial charge in [0.2, 0.25) is 0 Å². The second kappa shape index (κ2) is 6.10. The molecule has 1 aromatic rings. The quantitative estimate of drug-likeness (QED) is 0.845. The molecule has 4 heteroatoms. The van der Waals surface area contributed by atoms with Crippen LogP contribution in [0.15, 0.2) is 24.3 Å². The van der Waals surface area contributed by atoms with Gasteiger partial charge >= 0.3 is 0 Å². The highest BCUT2D eigenvalue weighted by Crippen LogP contribution is 2.09. The Morgan fingerprint density at radius 2 is 1.59 bits per heavy atom. The Morgan fingerprint density at radius 3 is 2.18 bits per heavy atom. The Hall–Kier alpha value is -0.970. The lowest BCUT2D eigenvalue weighted by atomic mass is 10.2. The standard InChI is InChI=1S/C13H19FN2O/c14-13-3-1-12(2-4-13)11-16-7-5-15(6-8-16)9-10-17/h1-4,17H,5-11H2. The summed E-state index contributed by atoms with van der Waals surface area (Å²) in [5, 5.41) is 8.85. The summed E-state index contributed by atoms with van der Waals surface area (Å²) in [6.45, 7) is 5.91. The molecule has 0 saturated carbocycles. The number of halogens is 1. The highest BCUT2D eigenvalue weighted by molar-refractivity contribution is 5.15. The summed E-state index contributed by atoms with van der Waals surface area (Å²) in [5.41, 5.74) is 1.15. The highest BCUT2D eigenvalue weighted by atomic mass is 19.1. The molecule has 0 bridgehead atoms. The molecule has 0 aliphatic carbocycles. The van der Waals surface area contributed by atoms with Crippen LogP contribution in [0.2, 0.25) is 0 Å². The smallest absolute Gasteiger partial charge is 0.123 e. The van der Waals surface area contributed by atoms with Gasteiger partial charge in [0, 0.05) is 39.3 Å². The number of aliphatic hydroxyl groups is 1. The third kappa shape index (κ3) is 3.77. The van der Waals surface area contributed by atoms with Crippen LogP contribution < -0.4 is 0 Å². The van der Waals surface area contributed by atoms with Crippen LogP contribution in [0.25, 0.3) is 0 Å². The van der Waals surface area contributed by atoms with E-state index in [2.05, 4.69) is 9.80 Å². The van der Waals surface area contributed by atoms with Crippen molar-refractivity contribution < 1.29 is 9.50 Å². The van der Waals surface area contributed by atoms with Crippen molar-refractivity contribution in [3.05, 3.63) is 35.6 Å². The van der Waals surface area contributed by atoms with Gasteiger partial charge in [-0.05, 0) is 17.7 Å². The van der Waals surface area contributed by atoms with Crippen LogP contribution in [0.1, 0.15) is 5.56 Å². The number of benzene rings is 1. The number of β-amino-alcohol motifs (C(OH)–C–C–N with tert-alkyl or cyclic N) is 1. The monoisotopic (exact) mass is 238 g/mol. The first-order chi connectivity index (χ1) is 8.28. The molecule has 2 rings (SSSR count). The van der Waals surface area contributed by atoms with Crippen LogP contribution in [-0.4, -0.2) is 54.2 Å². The van der Waals surface area contributed by atoms with Crippen molar-refractivity contribution in [1.29, 1.82) is 0 Å². The molecule has 17 heavy (non-hydrogen) atoms. The first-order valence-corrected chi connectivity index (χ1v) is 6.08. The average Bonchev–Trinajstić information content (AvgIpc) is 2.35. The Bertz CT molecular complexity index is 334.